The van der Waals surface area contributed by atoms with Crippen LogP contribution in [0.2, 0.25) is 0 Å². The maximum atomic E-state index is 10.4. The van der Waals surface area contributed by atoms with Crippen LogP contribution in [0.25, 0.3) is 0 Å². The Balaban J connectivity index is 2.24. The molecule has 0 aliphatic carbocycles. The molecule has 1 rings (SSSR count). The minimum atomic E-state index is -3.17. The Morgan fingerprint density at radius 3 is 2.45 bits per heavy atom. The van der Waals surface area contributed by atoms with E-state index in [4.69, 9.17) is 5.11 Å². The van der Waals surface area contributed by atoms with Crippen molar-refractivity contribution in [3.05, 3.63) is 0 Å². The van der Waals surface area contributed by atoms with Crippen LogP contribution in [0.5, 0.6) is 0 Å². The molecular weight excluding hydrogens is 206 g/mol. The summed E-state index contributed by atoms with van der Waals surface area (Å²) in [7, 11) is -0.797. The zero-order chi connectivity index (χ0) is 8.43. The third-order valence-electron chi connectivity index (χ3n) is 1.47. The van der Waals surface area contributed by atoms with Crippen molar-refractivity contribution in [3.63, 3.8) is 0 Å². The Morgan fingerprint density at radius 2 is 2.09 bits per heavy atom. The second-order valence-corrected chi connectivity index (χ2v) is 9.43. The van der Waals surface area contributed by atoms with Crippen molar-refractivity contribution in [2.75, 3.05) is 11.5 Å². The predicted octanol–water partition coefficient (Wildman–Crippen LogP) is -0.138. The summed E-state index contributed by atoms with van der Waals surface area (Å²) in [5, 5.41) is 10.5. The van der Waals surface area contributed by atoms with Crippen LogP contribution in [0.1, 0.15) is 0 Å². The first-order valence-corrected chi connectivity index (χ1v) is 8.13. The summed E-state index contributed by atoms with van der Waals surface area (Å²) >= 11 is -3.17. The van der Waals surface area contributed by atoms with Gasteiger partial charge in [-0.3, -0.25) is 0 Å². The van der Waals surface area contributed by atoms with Crippen LogP contribution in [-0.4, -0.2) is 28.7 Å². The van der Waals surface area contributed by atoms with Crippen molar-refractivity contribution in [1.82, 2.24) is 5.32 Å². The van der Waals surface area contributed by atoms with Gasteiger partial charge in [-0.2, -0.15) is 0 Å². The van der Waals surface area contributed by atoms with Gasteiger partial charge < -0.3 is 0 Å². The normalized spacial score (nSPS) is 32.0. The van der Waals surface area contributed by atoms with E-state index >= 15 is 0 Å². The summed E-state index contributed by atoms with van der Waals surface area (Å²) in [6.45, 7) is 0. The van der Waals surface area contributed by atoms with Gasteiger partial charge in [0.25, 0.3) is 0 Å². The second kappa shape index (κ2) is 3.56. The van der Waals surface area contributed by atoms with Crippen molar-refractivity contribution < 1.29 is 33.1 Å². The Hall–Kier alpha value is -0.0657. The summed E-state index contributed by atoms with van der Waals surface area (Å²) in [4.78, 5) is 10.0. The van der Waals surface area contributed by atoms with E-state index in [1.807, 2.05) is 0 Å². The van der Waals surface area contributed by atoms with Crippen molar-refractivity contribution in [2.45, 2.75) is 6.04 Å². The molecule has 0 atom stereocenters. The van der Waals surface area contributed by atoms with E-state index in [9.17, 15) is 11.4 Å². The summed E-state index contributed by atoms with van der Waals surface area (Å²) in [6.07, 6.45) is -1.07. The number of carboxylic acid groups (broad SMARTS) is 1. The van der Waals surface area contributed by atoms with Gasteiger partial charge in [0.05, 0.1) is 0 Å². The first-order chi connectivity index (χ1) is 5.09. The molecular formula is C4H8NO4STi. The van der Waals surface area contributed by atoms with Crippen LogP contribution >= 0.6 is 8.48 Å². The molecule has 1 fully saturated rings. The number of hydrogen-bond acceptors (Lipinski definition) is 3. The molecule has 0 bridgehead atoms. The molecule has 0 unspecified atom stereocenters. The van der Waals surface area contributed by atoms with E-state index in [0.717, 1.165) is 0 Å². The molecule has 2 N–H and O–H groups in total. The van der Waals surface area contributed by atoms with E-state index in [0.29, 0.717) is 11.5 Å². The van der Waals surface area contributed by atoms with Crippen LogP contribution in [0, 0.1) is 0 Å². The number of rotatable bonds is 2. The minimum absolute atomic E-state index is 0.107. The fourth-order valence-electron chi connectivity index (χ4n) is 0.894. The van der Waals surface area contributed by atoms with Gasteiger partial charge in [0.2, 0.25) is 0 Å². The number of nitrogens with one attached hydrogen (secondary N) is 1. The molecule has 1 amide bonds. The molecule has 0 aromatic carbocycles. The molecule has 1 aliphatic rings. The quantitative estimate of drug-likeness (QED) is 0.441. The molecule has 7 heteroatoms. The third-order valence-corrected chi connectivity index (χ3v) is 7.88. The van der Waals surface area contributed by atoms with E-state index in [1.54, 1.807) is 0 Å². The van der Waals surface area contributed by atoms with Crippen LogP contribution < -0.4 is 5.32 Å². The van der Waals surface area contributed by atoms with Crippen molar-refractivity contribution in [3.8, 4) is 0 Å². The molecule has 0 radical (unpaired) electrons. The summed E-state index contributed by atoms with van der Waals surface area (Å²) in [5.41, 5.74) is 0. The van der Waals surface area contributed by atoms with Gasteiger partial charge in [-0.05, 0) is 0 Å². The second-order valence-electron chi connectivity index (χ2n) is 2.32. The van der Waals surface area contributed by atoms with Crippen molar-refractivity contribution >= 4 is 14.6 Å². The first kappa shape index (κ1) is 9.03. The molecule has 0 aromatic heterocycles. The van der Waals surface area contributed by atoms with E-state index < -0.39 is 31.1 Å². The molecule has 11 heavy (non-hydrogen) atoms. The number of carbonyl (C=O) groups is 1. The maximum absolute atomic E-state index is 10.4. The Kier molecular flexibility index (Phi) is 2.92. The van der Waals surface area contributed by atoms with Crippen LogP contribution in [0.4, 0.5) is 4.79 Å². The van der Waals surface area contributed by atoms with E-state index in [-0.39, 0.29) is 6.04 Å². The Morgan fingerprint density at radius 1 is 1.55 bits per heavy atom. The molecule has 1 aliphatic heterocycles. The monoisotopic (exact) mass is 214 g/mol. The van der Waals surface area contributed by atoms with Crippen molar-refractivity contribution in [1.29, 1.82) is 0 Å². The molecule has 1 saturated heterocycles. The van der Waals surface area contributed by atoms with Crippen LogP contribution in [0.15, 0.2) is 0 Å². The summed E-state index contributed by atoms with van der Waals surface area (Å²) < 4.78 is 20.8. The van der Waals surface area contributed by atoms with E-state index in [1.165, 1.54) is 0 Å². The van der Waals surface area contributed by atoms with Crippen LogP contribution in [0.3, 0.4) is 0 Å². The number of hydrogen-bond donors (Lipinski definition) is 3. The Bertz CT molecular complexity index is 226. The zero-order valence-electron chi connectivity index (χ0n) is 5.61. The first-order valence-electron chi connectivity index (χ1n) is 3.05. The fourth-order valence-corrected chi connectivity index (χ4v) is 5.79. The standard InChI is InChI=1S/C4H7NO2S.2O.Ti/c6-4(7)5-3-1-8-2-3;;;/h3,5H,1-2H2,(H,6,7);;;/q;;;-1/p+1. The molecule has 0 spiro atoms. The van der Waals surface area contributed by atoms with Gasteiger partial charge in [0, 0.05) is 0 Å². The van der Waals surface area contributed by atoms with Gasteiger partial charge >= 0.3 is 70.5 Å². The molecule has 0 aromatic rings. The third kappa shape index (κ3) is 2.46. The fraction of sp³-hybridized carbons (Fsp3) is 0.750. The molecule has 63 valence electrons. The van der Waals surface area contributed by atoms with Crippen molar-refractivity contribution in [2.24, 2.45) is 0 Å². The summed E-state index contributed by atoms with van der Waals surface area (Å²) in [5.74, 6) is 1.06. The van der Waals surface area contributed by atoms with Gasteiger partial charge in [-0.1, -0.05) is 0 Å². The van der Waals surface area contributed by atoms with Crippen LogP contribution in [-0.2, 0) is 23.2 Å². The number of thiol groups is 1. The average molecular weight is 214 g/mol. The predicted molar refractivity (Wildman–Crippen MR) is 35.0 cm³/mol. The topological polar surface area (TPSA) is 83.5 Å². The zero-order valence-corrected chi connectivity index (χ0v) is 8.07. The Labute approximate surface area is 70.6 Å². The summed E-state index contributed by atoms with van der Waals surface area (Å²) in [6, 6.07) is -0.107. The van der Waals surface area contributed by atoms with Gasteiger partial charge in [-0.25, -0.2) is 0 Å². The van der Waals surface area contributed by atoms with Gasteiger partial charge in [0.15, 0.2) is 0 Å². The average Bonchev–Trinajstić information content (AvgIpc) is 1.75. The van der Waals surface area contributed by atoms with E-state index in [2.05, 4.69) is 5.32 Å². The van der Waals surface area contributed by atoms with Gasteiger partial charge in [0.1, 0.15) is 0 Å². The molecule has 0 saturated carbocycles. The molecule has 1 heterocycles. The number of amides is 1. The molecule has 5 nitrogen and oxygen atoms in total. The SMILES string of the molecule is O=C(O)NC1C[SH]([Ti](=[O])=[O])C1. The van der Waals surface area contributed by atoms with Gasteiger partial charge in [-0.15, -0.1) is 0 Å².